The first-order chi connectivity index (χ1) is 11.7. The minimum Gasteiger partial charge on any atom is -0.504 e. The third kappa shape index (κ3) is 6.08. The van der Waals surface area contributed by atoms with Crippen LogP contribution in [0.25, 0.3) is 0 Å². The molecule has 2 rings (SSSR count). The number of benzene rings is 2. The normalized spacial score (nSPS) is 10.2. The molecule has 0 spiro atoms. The molecule has 0 heterocycles. The Labute approximate surface area is 148 Å². The zero-order chi connectivity index (χ0) is 17.2. The highest BCUT2D eigenvalue weighted by atomic mass is 32.1. The molecule has 0 aliphatic heterocycles. The van der Waals surface area contributed by atoms with Crippen LogP contribution in [-0.2, 0) is 17.6 Å². The van der Waals surface area contributed by atoms with Gasteiger partial charge in [0.1, 0.15) is 0 Å². The molecule has 0 saturated carbocycles. The van der Waals surface area contributed by atoms with Crippen molar-refractivity contribution in [3.05, 3.63) is 59.7 Å². The summed E-state index contributed by atoms with van der Waals surface area (Å²) < 4.78 is 10.6. The van der Waals surface area contributed by atoms with Crippen molar-refractivity contribution >= 4 is 17.4 Å². The van der Waals surface area contributed by atoms with Crippen LogP contribution in [0.1, 0.15) is 17.5 Å². The van der Waals surface area contributed by atoms with E-state index in [1.807, 2.05) is 30.3 Å². The second-order valence-electron chi connectivity index (χ2n) is 5.41. The van der Waals surface area contributed by atoms with Crippen LogP contribution in [0.4, 0.5) is 0 Å². The van der Waals surface area contributed by atoms with E-state index in [0.29, 0.717) is 17.5 Å². The van der Waals surface area contributed by atoms with E-state index in [9.17, 15) is 5.11 Å². The number of thiocarbonyl (C=S) groups is 1. The number of aryl methyl sites for hydroxylation is 1. The number of rotatable bonds is 8. The molecule has 5 heteroatoms. The summed E-state index contributed by atoms with van der Waals surface area (Å²) in [4.78, 5) is 0. The molecule has 0 fully saturated rings. The summed E-state index contributed by atoms with van der Waals surface area (Å²) >= 11 is 5.17. The lowest BCUT2D eigenvalue weighted by Gasteiger charge is -2.10. The molecule has 0 bridgehead atoms. The summed E-state index contributed by atoms with van der Waals surface area (Å²) in [5, 5.41) is 13.1. The largest absolute Gasteiger partial charge is 0.504 e. The predicted octanol–water partition coefficient (Wildman–Crippen LogP) is 3.47. The highest BCUT2D eigenvalue weighted by Gasteiger charge is 2.03. The number of nitrogens with one attached hydrogen (secondary N) is 1. The summed E-state index contributed by atoms with van der Waals surface area (Å²) in [6.45, 7) is 1.32. The van der Waals surface area contributed by atoms with Crippen molar-refractivity contribution in [3.63, 3.8) is 0 Å². The SMILES string of the molecule is COc1cc(CCCOC(=S)NCCc2ccccc2)ccc1O. The van der Waals surface area contributed by atoms with Crippen LogP contribution in [0.5, 0.6) is 11.5 Å². The lowest BCUT2D eigenvalue weighted by molar-refractivity contribution is 0.292. The Hall–Kier alpha value is -2.27. The topological polar surface area (TPSA) is 50.7 Å². The van der Waals surface area contributed by atoms with Crippen molar-refractivity contribution in [3.8, 4) is 11.5 Å². The Morgan fingerprint density at radius 2 is 1.88 bits per heavy atom. The van der Waals surface area contributed by atoms with E-state index in [4.69, 9.17) is 21.7 Å². The number of methoxy groups -OCH3 is 1. The molecule has 0 atom stereocenters. The van der Waals surface area contributed by atoms with E-state index in [-0.39, 0.29) is 5.75 Å². The highest BCUT2D eigenvalue weighted by molar-refractivity contribution is 7.80. The molecule has 0 aromatic heterocycles. The fourth-order valence-corrected chi connectivity index (χ4v) is 2.51. The molecule has 0 aliphatic carbocycles. The van der Waals surface area contributed by atoms with Gasteiger partial charge in [-0.25, -0.2) is 0 Å². The van der Waals surface area contributed by atoms with Gasteiger partial charge in [0.2, 0.25) is 0 Å². The molecule has 4 nitrogen and oxygen atoms in total. The van der Waals surface area contributed by atoms with Crippen LogP contribution in [0.15, 0.2) is 48.5 Å². The molecule has 0 amide bonds. The first-order valence-corrected chi connectivity index (χ1v) is 8.40. The molecule has 24 heavy (non-hydrogen) atoms. The van der Waals surface area contributed by atoms with E-state index in [0.717, 1.165) is 31.4 Å². The van der Waals surface area contributed by atoms with Crippen molar-refractivity contribution in [2.24, 2.45) is 0 Å². The fraction of sp³-hybridized carbons (Fsp3) is 0.316. The maximum absolute atomic E-state index is 9.57. The quantitative estimate of drug-likeness (QED) is 0.567. The molecule has 2 aromatic rings. The van der Waals surface area contributed by atoms with E-state index in [1.165, 1.54) is 5.56 Å². The standard InChI is InChI=1S/C19H23NO3S/c1-22-18-14-16(9-10-17(18)21)8-5-13-23-19(24)20-12-11-15-6-3-2-4-7-15/h2-4,6-7,9-10,14,21H,5,8,11-13H2,1H3,(H,20,24). The summed E-state index contributed by atoms with van der Waals surface area (Å²) in [5.74, 6) is 0.646. The third-order valence-corrected chi connectivity index (χ3v) is 3.88. The van der Waals surface area contributed by atoms with E-state index < -0.39 is 0 Å². The summed E-state index contributed by atoms with van der Waals surface area (Å²) in [6, 6.07) is 15.6. The first kappa shape index (κ1) is 18.1. The second-order valence-corrected chi connectivity index (χ2v) is 5.78. The zero-order valence-electron chi connectivity index (χ0n) is 13.8. The Morgan fingerprint density at radius 3 is 2.62 bits per heavy atom. The van der Waals surface area contributed by atoms with Gasteiger partial charge in [0.05, 0.1) is 13.7 Å². The number of hydrogen-bond acceptors (Lipinski definition) is 4. The van der Waals surface area contributed by atoms with Crippen LogP contribution < -0.4 is 10.1 Å². The summed E-state index contributed by atoms with van der Waals surface area (Å²) in [7, 11) is 1.54. The van der Waals surface area contributed by atoms with Gasteiger partial charge in [-0.2, -0.15) is 0 Å². The molecule has 128 valence electrons. The van der Waals surface area contributed by atoms with E-state index in [2.05, 4.69) is 17.4 Å². The Morgan fingerprint density at radius 1 is 1.08 bits per heavy atom. The van der Waals surface area contributed by atoms with Gasteiger partial charge in [-0.05, 0) is 54.7 Å². The maximum atomic E-state index is 9.57. The molecule has 2 N–H and O–H groups in total. The van der Waals surface area contributed by atoms with Crippen molar-refractivity contribution in [1.29, 1.82) is 0 Å². The average Bonchev–Trinajstić information content (AvgIpc) is 2.61. The Balaban J connectivity index is 1.61. The molecule has 0 unspecified atom stereocenters. The van der Waals surface area contributed by atoms with Crippen molar-refractivity contribution < 1.29 is 14.6 Å². The predicted molar refractivity (Wildman–Crippen MR) is 99.7 cm³/mol. The molecule has 0 saturated heterocycles. The van der Waals surface area contributed by atoms with E-state index in [1.54, 1.807) is 13.2 Å². The van der Waals surface area contributed by atoms with E-state index >= 15 is 0 Å². The van der Waals surface area contributed by atoms with Gasteiger partial charge >= 0.3 is 0 Å². The molecule has 0 radical (unpaired) electrons. The van der Waals surface area contributed by atoms with Gasteiger partial charge in [0.15, 0.2) is 11.5 Å². The van der Waals surface area contributed by atoms with Crippen LogP contribution in [-0.4, -0.2) is 30.5 Å². The van der Waals surface area contributed by atoms with Gasteiger partial charge in [-0.3, -0.25) is 0 Å². The van der Waals surface area contributed by atoms with Crippen LogP contribution in [0.3, 0.4) is 0 Å². The number of hydrogen-bond donors (Lipinski definition) is 2. The third-order valence-electron chi connectivity index (χ3n) is 3.61. The smallest absolute Gasteiger partial charge is 0.256 e. The lowest BCUT2D eigenvalue weighted by Crippen LogP contribution is -2.26. The molecular weight excluding hydrogens is 322 g/mol. The number of phenols is 1. The van der Waals surface area contributed by atoms with Gasteiger partial charge in [-0.1, -0.05) is 36.4 Å². The van der Waals surface area contributed by atoms with Crippen molar-refractivity contribution in [2.45, 2.75) is 19.3 Å². The van der Waals surface area contributed by atoms with Crippen molar-refractivity contribution in [1.82, 2.24) is 5.32 Å². The van der Waals surface area contributed by atoms with Gasteiger partial charge in [0, 0.05) is 6.54 Å². The molecule has 2 aromatic carbocycles. The molecular formula is C19H23NO3S. The van der Waals surface area contributed by atoms with Gasteiger partial charge in [0.25, 0.3) is 5.17 Å². The zero-order valence-corrected chi connectivity index (χ0v) is 14.6. The number of ether oxygens (including phenoxy) is 2. The maximum Gasteiger partial charge on any atom is 0.256 e. The minimum atomic E-state index is 0.154. The van der Waals surface area contributed by atoms with Crippen LogP contribution >= 0.6 is 12.2 Å². The fourth-order valence-electron chi connectivity index (χ4n) is 2.32. The molecule has 0 aliphatic rings. The van der Waals surface area contributed by atoms with Crippen molar-refractivity contribution in [2.75, 3.05) is 20.3 Å². The Kier molecular flexibility index (Phi) is 7.36. The minimum absolute atomic E-state index is 0.154. The summed E-state index contributed by atoms with van der Waals surface area (Å²) in [6.07, 6.45) is 2.59. The summed E-state index contributed by atoms with van der Waals surface area (Å²) in [5.41, 5.74) is 2.37. The lowest BCUT2D eigenvalue weighted by atomic mass is 10.1. The monoisotopic (exact) mass is 345 g/mol. The van der Waals surface area contributed by atoms with Crippen LogP contribution in [0, 0.1) is 0 Å². The highest BCUT2D eigenvalue weighted by Crippen LogP contribution is 2.26. The van der Waals surface area contributed by atoms with Crippen LogP contribution in [0.2, 0.25) is 0 Å². The average molecular weight is 345 g/mol. The van der Waals surface area contributed by atoms with Gasteiger partial charge in [-0.15, -0.1) is 0 Å². The van der Waals surface area contributed by atoms with Gasteiger partial charge < -0.3 is 19.9 Å². The number of phenolic OH excluding ortho intramolecular Hbond substituents is 1. The number of aromatic hydroxyl groups is 1. The first-order valence-electron chi connectivity index (χ1n) is 7.99. The Bertz CT molecular complexity index is 646. The second kappa shape index (κ2) is 9.78.